The van der Waals surface area contributed by atoms with Crippen LogP contribution in [0.4, 0.5) is 0 Å². The largest absolute Gasteiger partial charge is 0.322 e. The van der Waals surface area contributed by atoms with Crippen LogP contribution in [0.1, 0.15) is 16.7 Å². The highest BCUT2D eigenvalue weighted by atomic mass is 15.4. The predicted molar refractivity (Wildman–Crippen MR) is 63.4 cm³/mol. The van der Waals surface area contributed by atoms with Gasteiger partial charge in [0.2, 0.25) is 0 Å². The van der Waals surface area contributed by atoms with Crippen LogP contribution >= 0.6 is 0 Å². The Kier molecular flexibility index (Phi) is 2.77. The molecule has 78 valence electrons. The summed E-state index contributed by atoms with van der Waals surface area (Å²) in [5.41, 5.74) is 7.40. The molecule has 0 amide bonds. The lowest BCUT2D eigenvalue weighted by Gasteiger charge is -2.12. The van der Waals surface area contributed by atoms with E-state index in [2.05, 4.69) is 37.5 Å². The molecular weight excluding hydrogens is 184 g/mol. The normalized spacial score (nSPS) is 10.3. The van der Waals surface area contributed by atoms with Crippen LogP contribution in [0, 0.1) is 13.8 Å². The highest BCUT2D eigenvalue weighted by Gasteiger charge is 2.00. The van der Waals surface area contributed by atoms with Crippen molar-refractivity contribution in [1.29, 1.82) is 0 Å². The van der Waals surface area contributed by atoms with Crippen molar-refractivity contribution in [3.63, 3.8) is 0 Å². The summed E-state index contributed by atoms with van der Waals surface area (Å²) < 4.78 is 1.98. The van der Waals surface area contributed by atoms with Gasteiger partial charge in [-0.2, -0.15) is 0 Å². The van der Waals surface area contributed by atoms with E-state index in [9.17, 15) is 0 Å². The van der Waals surface area contributed by atoms with Gasteiger partial charge >= 0.3 is 0 Å². The molecule has 0 fully saturated rings. The number of nitrogens with zero attached hydrogens (tertiary/aromatic N) is 1. The van der Waals surface area contributed by atoms with E-state index >= 15 is 0 Å². The predicted octanol–water partition coefficient (Wildman–Crippen LogP) is 2.85. The Morgan fingerprint density at radius 1 is 1.00 bits per heavy atom. The number of aryl methyl sites for hydroxylation is 2. The quantitative estimate of drug-likeness (QED) is 0.806. The molecule has 0 radical (unpaired) electrons. The van der Waals surface area contributed by atoms with Gasteiger partial charge in [-0.3, -0.25) is 4.68 Å². The third-order valence-corrected chi connectivity index (χ3v) is 2.69. The number of nitrogens with one attached hydrogen (secondary N) is 1. The Labute approximate surface area is 90.5 Å². The van der Waals surface area contributed by atoms with E-state index in [1.165, 1.54) is 16.7 Å². The van der Waals surface area contributed by atoms with Crippen molar-refractivity contribution < 1.29 is 0 Å². The molecule has 0 aliphatic heterocycles. The van der Waals surface area contributed by atoms with E-state index in [4.69, 9.17) is 0 Å². The van der Waals surface area contributed by atoms with Gasteiger partial charge in [-0.15, -0.1) is 0 Å². The summed E-state index contributed by atoms with van der Waals surface area (Å²) in [6.45, 7) is 5.17. The molecule has 0 atom stereocenters. The van der Waals surface area contributed by atoms with Crippen LogP contribution < -0.4 is 5.43 Å². The van der Waals surface area contributed by atoms with Crippen molar-refractivity contribution >= 4 is 0 Å². The molecule has 1 aromatic carbocycles. The van der Waals surface area contributed by atoms with Crippen LogP contribution in [-0.4, -0.2) is 4.68 Å². The lowest BCUT2D eigenvalue weighted by atomic mass is 10.0. The zero-order chi connectivity index (χ0) is 10.7. The second-order valence-corrected chi connectivity index (χ2v) is 3.80. The van der Waals surface area contributed by atoms with Crippen molar-refractivity contribution in [3.05, 3.63) is 59.4 Å². The number of benzene rings is 1. The molecule has 1 heterocycles. The summed E-state index contributed by atoms with van der Waals surface area (Å²) in [6, 6.07) is 10.4. The van der Waals surface area contributed by atoms with E-state index in [1.54, 1.807) is 0 Å². The minimum Gasteiger partial charge on any atom is -0.322 e. The van der Waals surface area contributed by atoms with Crippen LogP contribution in [0.25, 0.3) is 0 Å². The Morgan fingerprint density at radius 3 is 2.20 bits per heavy atom. The maximum absolute atomic E-state index is 3.34. The van der Waals surface area contributed by atoms with E-state index in [-0.39, 0.29) is 0 Å². The lowest BCUT2D eigenvalue weighted by Crippen LogP contribution is -2.13. The van der Waals surface area contributed by atoms with Crippen LogP contribution in [0.5, 0.6) is 0 Å². The molecule has 1 aromatic heterocycles. The average molecular weight is 200 g/mol. The fraction of sp³-hybridized carbons (Fsp3) is 0.231. The molecule has 0 aliphatic rings. The van der Waals surface area contributed by atoms with Gasteiger partial charge in [0.15, 0.2) is 0 Å². The standard InChI is InChI=1S/C13H16N2/c1-11-6-5-7-12(2)13(11)10-14-15-8-3-4-9-15/h3-9,14H,10H2,1-2H3. The summed E-state index contributed by atoms with van der Waals surface area (Å²) in [6.07, 6.45) is 4.02. The molecule has 2 rings (SSSR count). The molecule has 1 N–H and O–H groups in total. The first-order chi connectivity index (χ1) is 7.27. The molecule has 0 saturated heterocycles. The van der Waals surface area contributed by atoms with Crippen molar-refractivity contribution in [2.45, 2.75) is 20.4 Å². The Bertz CT molecular complexity index is 410. The number of hydrogen-bond donors (Lipinski definition) is 1. The highest BCUT2D eigenvalue weighted by Crippen LogP contribution is 2.12. The first-order valence-electron chi connectivity index (χ1n) is 5.19. The van der Waals surface area contributed by atoms with Crippen LogP contribution in [-0.2, 0) is 6.54 Å². The average Bonchev–Trinajstić information content (AvgIpc) is 2.70. The maximum atomic E-state index is 3.34. The molecule has 0 aliphatic carbocycles. The summed E-state index contributed by atoms with van der Waals surface area (Å²) in [5, 5.41) is 0. The highest BCUT2D eigenvalue weighted by molar-refractivity contribution is 5.34. The topological polar surface area (TPSA) is 17.0 Å². The molecule has 2 aromatic rings. The van der Waals surface area contributed by atoms with E-state index in [0.29, 0.717) is 0 Å². The molecule has 2 heteroatoms. The molecule has 0 bridgehead atoms. The van der Waals surface area contributed by atoms with Gasteiger partial charge in [0.05, 0.1) is 6.54 Å². The fourth-order valence-electron chi connectivity index (χ4n) is 1.74. The summed E-state index contributed by atoms with van der Waals surface area (Å²) in [4.78, 5) is 0. The SMILES string of the molecule is Cc1cccc(C)c1CNn1cccc1. The van der Waals surface area contributed by atoms with Crippen LogP contribution in [0.15, 0.2) is 42.7 Å². The first-order valence-corrected chi connectivity index (χ1v) is 5.19. The molecule has 15 heavy (non-hydrogen) atoms. The summed E-state index contributed by atoms with van der Waals surface area (Å²) >= 11 is 0. The monoisotopic (exact) mass is 200 g/mol. The molecular formula is C13H16N2. The Morgan fingerprint density at radius 2 is 1.60 bits per heavy atom. The maximum Gasteiger partial charge on any atom is 0.0569 e. The van der Waals surface area contributed by atoms with Gasteiger partial charge in [0.1, 0.15) is 0 Å². The van der Waals surface area contributed by atoms with Gasteiger partial charge in [0.25, 0.3) is 0 Å². The first kappa shape index (κ1) is 9.84. The third-order valence-electron chi connectivity index (χ3n) is 2.69. The minimum atomic E-state index is 0.868. The van der Waals surface area contributed by atoms with Gasteiger partial charge in [-0.05, 0) is 42.7 Å². The number of rotatable bonds is 3. The fourth-order valence-corrected chi connectivity index (χ4v) is 1.74. The molecule has 0 spiro atoms. The summed E-state index contributed by atoms with van der Waals surface area (Å²) in [5.74, 6) is 0. The third kappa shape index (κ3) is 2.21. The van der Waals surface area contributed by atoms with Crippen LogP contribution in [0.3, 0.4) is 0 Å². The smallest absolute Gasteiger partial charge is 0.0569 e. The number of hydrogen-bond acceptors (Lipinski definition) is 1. The summed E-state index contributed by atoms with van der Waals surface area (Å²) in [7, 11) is 0. The van der Waals surface area contributed by atoms with Gasteiger partial charge in [0, 0.05) is 12.4 Å². The van der Waals surface area contributed by atoms with Crippen molar-refractivity contribution in [2.24, 2.45) is 0 Å². The van der Waals surface area contributed by atoms with E-state index in [0.717, 1.165) is 6.54 Å². The van der Waals surface area contributed by atoms with Gasteiger partial charge in [-0.1, -0.05) is 18.2 Å². The van der Waals surface area contributed by atoms with E-state index in [1.807, 2.05) is 29.2 Å². The lowest BCUT2D eigenvalue weighted by molar-refractivity contribution is 0.839. The van der Waals surface area contributed by atoms with Crippen molar-refractivity contribution in [3.8, 4) is 0 Å². The Balaban J connectivity index is 2.11. The minimum absolute atomic E-state index is 0.868. The number of aromatic nitrogens is 1. The second-order valence-electron chi connectivity index (χ2n) is 3.80. The van der Waals surface area contributed by atoms with Gasteiger partial charge in [-0.25, -0.2) is 0 Å². The molecule has 2 nitrogen and oxygen atoms in total. The Hall–Kier alpha value is -1.70. The second kappa shape index (κ2) is 4.22. The van der Waals surface area contributed by atoms with Gasteiger partial charge < -0.3 is 5.43 Å². The zero-order valence-electron chi connectivity index (χ0n) is 9.20. The molecule has 0 saturated carbocycles. The molecule has 0 unspecified atom stereocenters. The van der Waals surface area contributed by atoms with Crippen molar-refractivity contribution in [2.75, 3.05) is 5.43 Å². The van der Waals surface area contributed by atoms with Crippen molar-refractivity contribution in [1.82, 2.24) is 4.68 Å². The van der Waals surface area contributed by atoms with E-state index < -0.39 is 0 Å². The van der Waals surface area contributed by atoms with Crippen LogP contribution in [0.2, 0.25) is 0 Å². The zero-order valence-corrected chi connectivity index (χ0v) is 9.20.